The highest BCUT2D eigenvalue weighted by Gasteiger charge is 2.16. The second kappa shape index (κ2) is 6.49. The van der Waals surface area contributed by atoms with Crippen LogP contribution in [0.1, 0.15) is 16.5 Å². The van der Waals surface area contributed by atoms with Gasteiger partial charge in [0.2, 0.25) is 0 Å². The van der Waals surface area contributed by atoms with Gasteiger partial charge in [0.15, 0.2) is 0 Å². The van der Waals surface area contributed by atoms with Crippen molar-refractivity contribution in [3.05, 3.63) is 61.5 Å². The van der Waals surface area contributed by atoms with E-state index in [4.69, 9.17) is 27.9 Å². The fourth-order valence-corrected chi connectivity index (χ4v) is 3.28. The first-order valence-electron chi connectivity index (χ1n) is 5.46. The first-order valence-corrected chi connectivity index (χ1v) is 7.86. The van der Waals surface area contributed by atoms with Crippen LogP contribution in [0, 0.1) is 0 Å². The van der Waals surface area contributed by atoms with Gasteiger partial charge in [-0.3, -0.25) is 0 Å². The summed E-state index contributed by atoms with van der Waals surface area (Å²) in [5.74, 6) is 0.771. The van der Waals surface area contributed by atoms with Crippen molar-refractivity contribution in [1.82, 2.24) is 0 Å². The Balaban J connectivity index is 2.41. The van der Waals surface area contributed by atoms with Gasteiger partial charge < -0.3 is 4.74 Å². The van der Waals surface area contributed by atoms with Gasteiger partial charge >= 0.3 is 0 Å². The van der Waals surface area contributed by atoms with E-state index >= 15 is 0 Å². The summed E-state index contributed by atoms with van der Waals surface area (Å²) in [4.78, 5) is 0. The molecule has 0 aliphatic carbocycles. The SMILES string of the molecule is COc1ccc(C(Cl)c2cccc(Br)c2Cl)cc1Br. The molecule has 0 fully saturated rings. The summed E-state index contributed by atoms with van der Waals surface area (Å²) in [5, 5.41) is 0.321. The van der Waals surface area contributed by atoms with Crippen molar-refractivity contribution >= 4 is 55.1 Å². The molecule has 1 nitrogen and oxygen atoms in total. The molecule has 0 bridgehead atoms. The van der Waals surface area contributed by atoms with Crippen molar-refractivity contribution < 1.29 is 4.74 Å². The largest absolute Gasteiger partial charge is 0.496 e. The smallest absolute Gasteiger partial charge is 0.133 e. The van der Waals surface area contributed by atoms with Crippen LogP contribution >= 0.6 is 55.1 Å². The van der Waals surface area contributed by atoms with Crippen LogP contribution in [0.2, 0.25) is 5.02 Å². The number of hydrogen-bond acceptors (Lipinski definition) is 1. The maximum absolute atomic E-state index is 6.51. The summed E-state index contributed by atoms with van der Waals surface area (Å²) in [7, 11) is 1.63. The zero-order chi connectivity index (χ0) is 14.0. The zero-order valence-electron chi connectivity index (χ0n) is 9.96. The van der Waals surface area contributed by atoms with Crippen molar-refractivity contribution in [2.75, 3.05) is 7.11 Å². The Morgan fingerprint density at radius 3 is 2.47 bits per heavy atom. The average Bonchev–Trinajstić information content (AvgIpc) is 2.41. The van der Waals surface area contributed by atoms with E-state index in [2.05, 4.69) is 31.9 Å². The molecule has 2 rings (SSSR count). The van der Waals surface area contributed by atoms with Crippen molar-refractivity contribution in [3.63, 3.8) is 0 Å². The molecule has 0 N–H and O–H groups in total. The van der Waals surface area contributed by atoms with Gasteiger partial charge in [-0.15, -0.1) is 11.6 Å². The van der Waals surface area contributed by atoms with Crippen molar-refractivity contribution in [2.24, 2.45) is 0 Å². The summed E-state index contributed by atoms with van der Waals surface area (Å²) in [5.41, 5.74) is 1.82. The maximum Gasteiger partial charge on any atom is 0.133 e. The minimum absolute atomic E-state index is 0.313. The number of halogens is 4. The van der Waals surface area contributed by atoms with E-state index in [-0.39, 0.29) is 5.38 Å². The van der Waals surface area contributed by atoms with Gasteiger partial charge in [-0.1, -0.05) is 29.8 Å². The Kier molecular flexibility index (Phi) is 5.18. The fourth-order valence-electron chi connectivity index (χ4n) is 1.74. The van der Waals surface area contributed by atoms with Gasteiger partial charge in [0.05, 0.1) is 22.0 Å². The second-order valence-electron chi connectivity index (χ2n) is 3.90. The molecule has 2 aromatic carbocycles. The van der Waals surface area contributed by atoms with Crippen molar-refractivity contribution in [2.45, 2.75) is 5.38 Å². The molecule has 0 aliphatic heterocycles. The Morgan fingerprint density at radius 1 is 1.11 bits per heavy atom. The Hall–Kier alpha value is -0.220. The van der Waals surface area contributed by atoms with E-state index in [1.807, 2.05) is 36.4 Å². The molecule has 0 spiro atoms. The van der Waals surface area contributed by atoms with Crippen LogP contribution < -0.4 is 4.74 Å². The molecule has 1 unspecified atom stereocenters. The Morgan fingerprint density at radius 2 is 1.84 bits per heavy atom. The molecule has 5 heteroatoms. The van der Waals surface area contributed by atoms with Crippen molar-refractivity contribution in [3.8, 4) is 5.75 Å². The van der Waals surface area contributed by atoms with Crippen LogP contribution in [0.5, 0.6) is 5.75 Å². The van der Waals surface area contributed by atoms with E-state index in [1.54, 1.807) is 7.11 Å². The average molecular weight is 425 g/mol. The van der Waals surface area contributed by atoms with E-state index in [0.29, 0.717) is 5.02 Å². The Bertz CT molecular complexity index is 602. The lowest BCUT2D eigenvalue weighted by atomic mass is 10.0. The molecule has 0 aromatic heterocycles. The molecule has 0 saturated carbocycles. The van der Waals surface area contributed by atoms with Gasteiger partial charge in [0.25, 0.3) is 0 Å². The fraction of sp³-hybridized carbons (Fsp3) is 0.143. The normalized spacial score (nSPS) is 12.3. The first kappa shape index (κ1) is 15.2. The lowest BCUT2D eigenvalue weighted by molar-refractivity contribution is 0.412. The molecule has 0 heterocycles. The molecule has 0 saturated heterocycles. The third kappa shape index (κ3) is 3.27. The van der Waals surface area contributed by atoms with Gasteiger partial charge in [-0.05, 0) is 61.2 Å². The Labute approximate surface area is 139 Å². The molecule has 0 aliphatic rings. The quantitative estimate of drug-likeness (QED) is 0.533. The summed E-state index contributed by atoms with van der Waals surface area (Å²) in [6, 6.07) is 11.5. The third-order valence-electron chi connectivity index (χ3n) is 2.72. The number of alkyl halides is 1. The van der Waals surface area contributed by atoms with Crippen LogP contribution in [-0.2, 0) is 0 Å². The molecule has 2 aromatic rings. The third-order valence-corrected chi connectivity index (χ3v) is 5.14. The standard InChI is InChI=1S/C14H10Br2Cl2O/c1-19-12-6-5-8(7-11(12)16)13(17)9-3-2-4-10(15)14(9)18/h2-7,13H,1H3. The van der Waals surface area contributed by atoms with Crippen LogP contribution in [-0.4, -0.2) is 7.11 Å². The van der Waals surface area contributed by atoms with Gasteiger partial charge in [-0.2, -0.15) is 0 Å². The number of hydrogen-bond donors (Lipinski definition) is 0. The monoisotopic (exact) mass is 422 g/mol. The van der Waals surface area contributed by atoms with E-state index < -0.39 is 0 Å². The predicted octanol–water partition coefficient (Wildman–Crippen LogP) is 6.20. The zero-order valence-corrected chi connectivity index (χ0v) is 14.6. The van der Waals surface area contributed by atoms with Gasteiger partial charge in [0.1, 0.15) is 5.75 Å². The second-order valence-corrected chi connectivity index (χ2v) is 6.42. The molecule has 1 atom stereocenters. The molecule has 19 heavy (non-hydrogen) atoms. The first-order chi connectivity index (χ1) is 9.04. The summed E-state index contributed by atoms with van der Waals surface area (Å²) in [6.07, 6.45) is 0. The molecular weight excluding hydrogens is 415 g/mol. The highest BCUT2D eigenvalue weighted by molar-refractivity contribution is 9.10. The van der Waals surface area contributed by atoms with E-state index in [0.717, 1.165) is 25.8 Å². The van der Waals surface area contributed by atoms with Crippen LogP contribution in [0.4, 0.5) is 0 Å². The van der Waals surface area contributed by atoms with Crippen LogP contribution in [0.15, 0.2) is 45.3 Å². The summed E-state index contributed by atoms with van der Waals surface area (Å²) < 4.78 is 6.91. The maximum atomic E-state index is 6.51. The highest BCUT2D eigenvalue weighted by Crippen LogP contribution is 2.39. The molecule has 0 radical (unpaired) electrons. The molecule has 0 amide bonds. The summed E-state index contributed by atoms with van der Waals surface area (Å²) in [6.45, 7) is 0. The minimum atomic E-state index is -0.313. The molecule has 100 valence electrons. The summed E-state index contributed by atoms with van der Waals surface area (Å²) >= 11 is 19.6. The lowest BCUT2D eigenvalue weighted by Crippen LogP contribution is -1.96. The minimum Gasteiger partial charge on any atom is -0.496 e. The van der Waals surface area contributed by atoms with E-state index in [9.17, 15) is 0 Å². The number of benzene rings is 2. The van der Waals surface area contributed by atoms with Crippen LogP contribution in [0.25, 0.3) is 0 Å². The van der Waals surface area contributed by atoms with Crippen LogP contribution in [0.3, 0.4) is 0 Å². The topological polar surface area (TPSA) is 9.23 Å². The molecular formula is C14H10Br2Cl2O. The van der Waals surface area contributed by atoms with E-state index in [1.165, 1.54) is 0 Å². The van der Waals surface area contributed by atoms with Crippen molar-refractivity contribution in [1.29, 1.82) is 0 Å². The predicted molar refractivity (Wildman–Crippen MR) is 87.5 cm³/mol. The number of rotatable bonds is 3. The number of ether oxygens (including phenoxy) is 1. The number of methoxy groups -OCH3 is 1. The van der Waals surface area contributed by atoms with Gasteiger partial charge in [0, 0.05) is 4.47 Å². The van der Waals surface area contributed by atoms with Gasteiger partial charge in [-0.25, -0.2) is 0 Å². The highest BCUT2D eigenvalue weighted by atomic mass is 79.9. The lowest BCUT2D eigenvalue weighted by Gasteiger charge is -2.14.